The highest BCUT2D eigenvalue weighted by molar-refractivity contribution is 5.24. The molecule has 0 aliphatic rings. The Balaban J connectivity index is 3.16. The van der Waals surface area contributed by atoms with Crippen molar-refractivity contribution in [2.24, 2.45) is 0 Å². The van der Waals surface area contributed by atoms with Crippen molar-refractivity contribution in [2.75, 3.05) is 19.7 Å². The van der Waals surface area contributed by atoms with Gasteiger partial charge >= 0.3 is 0 Å². The summed E-state index contributed by atoms with van der Waals surface area (Å²) >= 11 is 0. The summed E-state index contributed by atoms with van der Waals surface area (Å²) < 4.78 is 65.3. The Hall–Kier alpha value is -1.21. The lowest BCUT2D eigenvalue weighted by Crippen LogP contribution is -2.27. The molecular weight excluding hydrogens is 257 g/mol. The van der Waals surface area contributed by atoms with Gasteiger partial charge in [-0.2, -0.15) is 0 Å². The van der Waals surface area contributed by atoms with Gasteiger partial charge in [0.1, 0.15) is 0 Å². The highest BCUT2D eigenvalue weighted by Crippen LogP contribution is 2.24. The zero-order valence-electron chi connectivity index (χ0n) is 9.61. The van der Waals surface area contributed by atoms with Crippen LogP contribution in [0.4, 0.5) is 22.0 Å². The van der Waals surface area contributed by atoms with Crippen molar-refractivity contribution in [1.82, 2.24) is 4.90 Å². The molecule has 0 aliphatic heterocycles. The number of aliphatic hydroxyl groups excluding tert-OH is 1. The molecule has 2 nitrogen and oxygen atoms in total. The van der Waals surface area contributed by atoms with Crippen molar-refractivity contribution in [3.8, 4) is 0 Å². The number of hydrogen-bond donors (Lipinski definition) is 1. The van der Waals surface area contributed by atoms with Crippen LogP contribution in [-0.4, -0.2) is 29.7 Å². The average molecular weight is 269 g/mol. The van der Waals surface area contributed by atoms with Gasteiger partial charge in [-0.3, -0.25) is 4.90 Å². The molecular formula is C11H12F5NO. The van der Waals surface area contributed by atoms with Gasteiger partial charge in [-0.25, -0.2) is 22.0 Å². The molecule has 0 saturated carbocycles. The van der Waals surface area contributed by atoms with Gasteiger partial charge < -0.3 is 5.11 Å². The topological polar surface area (TPSA) is 23.5 Å². The molecule has 0 amide bonds. The molecule has 1 rings (SSSR count). The summed E-state index contributed by atoms with van der Waals surface area (Å²) in [5, 5.41) is 8.70. The van der Waals surface area contributed by atoms with Gasteiger partial charge in [0.2, 0.25) is 5.82 Å². The normalized spacial score (nSPS) is 11.3. The largest absolute Gasteiger partial charge is 0.395 e. The van der Waals surface area contributed by atoms with Crippen LogP contribution < -0.4 is 0 Å². The summed E-state index contributed by atoms with van der Waals surface area (Å²) in [5.41, 5.74) is -0.887. The molecule has 102 valence electrons. The van der Waals surface area contributed by atoms with E-state index in [4.69, 9.17) is 5.11 Å². The van der Waals surface area contributed by atoms with Crippen molar-refractivity contribution in [3.05, 3.63) is 34.6 Å². The maximum absolute atomic E-state index is 13.3. The Morgan fingerprint density at radius 1 is 0.889 bits per heavy atom. The maximum atomic E-state index is 13.3. The average Bonchev–Trinajstić information content (AvgIpc) is 2.37. The van der Waals surface area contributed by atoms with Gasteiger partial charge in [-0.05, 0) is 6.54 Å². The molecule has 0 spiro atoms. The molecule has 18 heavy (non-hydrogen) atoms. The number of likely N-dealkylation sites (N-methyl/N-ethyl adjacent to an activating group) is 1. The third kappa shape index (κ3) is 2.78. The van der Waals surface area contributed by atoms with E-state index in [9.17, 15) is 22.0 Å². The van der Waals surface area contributed by atoms with Crippen LogP contribution in [0.3, 0.4) is 0 Å². The minimum atomic E-state index is -2.17. The summed E-state index contributed by atoms with van der Waals surface area (Å²) in [6.45, 7) is 1.30. The van der Waals surface area contributed by atoms with Crippen LogP contribution in [-0.2, 0) is 6.54 Å². The zero-order valence-corrected chi connectivity index (χ0v) is 9.61. The Morgan fingerprint density at radius 2 is 1.33 bits per heavy atom. The van der Waals surface area contributed by atoms with E-state index in [0.29, 0.717) is 6.54 Å². The van der Waals surface area contributed by atoms with Crippen LogP contribution >= 0.6 is 0 Å². The molecule has 1 aromatic rings. The monoisotopic (exact) mass is 269 g/mol. The van der Waals surface area contributed by atoms with E-state index in [1.807, 2.05) is 0 Å². The quantitative estimate of drug-likeness (QED) is 0.503. The zero-order chi connectivity index (χ0) is 13.9. The number of hydrogen-bond acceptors (Lipinski definition) is 2. The number of halogens is 5. The third-order valence-corrected chi connectivity index (χ3v) is 2.55. The van der Waals surface area contributed by atoms with Crippen molar-refractivity contribution in [1.29, 1.82) is 0 Å². The molecule has 0 atom stereocenters. The van der Waals surface area contributed by atoms with E-state index in [1.54, 1.807) is 6.92 Å². The van der Waals surface area contributed by atoms with E-state index in [1.165, 1.54) is 4.90 Å². The summed E-state index contributed by atoms with van der Waals surface area (Å²) in [7, 11) is 0. The van der Waals surface area contributed by atoms with Gasteiger partial charge in [-0.15, -0.1) is 0 Å². The van der Waals surface area contributed by atoms with Crippen molar-refractivity contribution < 1.29 is 27.1 Å². The molecule has 0 bridgehead atoms. The lowest BCUT2D eigenvalue weighted by Gasteiger charge is -2.20. The van der Waals surface area contributed by atoms with E-state index < -0.39 is 41.2 Å². The van der Waals surface area contributed by atoms with Crippen LogP contribution in [0.25, 0.3) is 0 Å². The molecule has 7 heteroatoms. The minimum absolute atomic E-state index is 0.0794. The second-order valence-electron chi connectivity index (χ2n) is 3.64. The third-order valence-electron chi connectivity index (χ3n) is 2.55. The molecule has 0 aromatic heterocycles. The molecule has 1 N–H and O–H groups in total. The summed E-state index contributed by atoms with van der Waals surface area (Å²) in [4.78, 5) is 1.36. The number of aliphatic hydroxyl groups is 1. The molecule has 0 saturated heterocycles. The Labute approximate surface area is 101 Å². The number of benzene rings is 1. The SMILES string of the molecule is CCN(CCO)Cc1c(F)c(F)c(F)c(F)c1F. The first kappa shape index (κ1) is 14.8. The summed E-state index contributed by atoms with van der Waals surface area (Å²) in [6.07, 6.45) is 0. The first-order valence-electron chi connectivity index (χ1n) is 5.27. The maximum Gasteiger partial charge on any atom is 0.200 e. The fourth-order valence-corrected chi connectivity index (χ4v) is 1.50. The lowest BCUT2D eigenvalue weighted by molar-refractivity contribution is 0.192. The molecule has 0 fully saturated rings. The van der Waals surface area contributed by atoms with Crippen LogP contribution in [0.15, 0.2) is 0 Å². The van der Waals surface area contributed by atoms with E-state index in [0.717, 1.165) is 0 Å². The van der Waals surface area contributed by atoms with Crippen LogP contribution in [0.2, 0.25) is 0 Å². The Bertz CT molecular complexity index is 409. The Kier molecular flexibility index (Phi) is 5.03. The summed E-state index contributed by atoms with van der Waals surface area (Å²) in [5.74, 6) is -9.74. The van der Waals surface area contributed by atoms with Crippen LogP contribution in [0.1, 0.15) is 12.5 Å². The van der Waals surface area contributed by atoms with E-state index in [-0.39, 0.29) is 13.2 Å². The van der Waals surface area contributed by atoms with Crippen LogP contribution in [0, 0.1) is 29.1 Å². The van der Waals surface area contributed by atoms with Gasteiger partial charge in [-0.1, -0.05) is 6.92 Å². The summed E-state index contributed by atoms with van der Waals surface area (Å²) in [6, 6.07) is 0. The fraction of sp³-hybridized carbons (Fsp3) is 0.455. The highest BCUT2D eigenvalue weighted by Gasteiger charge is 2.26. The predicted molar refractivity (Wildman–Crippen MR) is 54.3 cm³/mol. The highest BCUT2D eigenvalue weighted by atomic mass is 19.2. The fourth-order valence-electron chi connectivity index (χ4n) is 1.50. The predicted octanol–water partition coefficient (Wildman–Crippen LogP) is 2.20. The molecule has 0 heterocycles. The lowest BCUT2D eigenvalue weighted by atomic mass is 10.1. The molecule has 0 unspecified atom stereocenters. The van der Waals surface area contributed by atoms with Gasteiger partial charge in [0.15, 0.2) is 23.3 Å². The van der Waals surface area contributed by atoms with Crippen molar-refractivity contribution in [3.63, 3.8) is 0 Å². The molecule has 1 aromatic carbocycles. The minimum Gasteiger partial charge on any atom is -0.395 e. The van der Waals surface area contributed by atoms with Gasteiger partial charge in [0.05, 0.1) is 6.61 Å². The van der Waals surface area contributed by atoms with Gasteiger partial charge in [0.25, 0.3) is 0 Å². The molecule has 0 aliphatic carbocycles. The van der Waals surface area contributed by atoms with Crippen molar-refractivity contribution >= 4 is 0 Å². The van der Waals surface area contributed by atoms with E-state index in [2.05, 4.69) is 0 Å². The van der Waals surface area contributed by atoms with Crippen molar-refractivity contribution in [2.45, 2.75) is 13.5 Å². The smallest absolute Gasteiger partial charge is 0.200 e. The first-order valence-corrected chi connectivity index (χ1v) is 5.27. The second kappa shape index (κ2) is 6.10. The standard InChI is InChI=1S/C11H12F5NO/c1-2-17(3-4-18)5-6-7(12)9(14)11(16)10(15)8(6)13/h18H,2-5H2,1H3. The van der Waals surface area contributed by atoms with E-state index >= 15 is 0 Å². The van der Waals surface area contributed by atoms with Crippen LogP contribution in [0.5, 0.6) is 0 Å². The second-order valence-corrected chi connectivity index (χ2v) is 3.64. The Morgan fingerprint density at radius 3 is 1.72 bits per heavy atom. The number of nitrogens with zero attached hydrogens (tertiary/aromatic N) is 1. The molecule has 0 radical (unpaired) electrons. The van der Waals surface area contributed by atoms with Gasteiger partial charge in [0, 0.05) is 18.7 Å². The number of rotatable bonds is 5. The first-order chi connectivity index (χ1) is 8.43.